The topological polar surface area (TPSA) is 123 Å². The van der Waals surface area contributed by atoms with E-state index in [2.05, 4.69) is 51.9 Å². The maximum Gasteiger partial charge on any atom is 0.410 e. The number of fused-ring (bicyclic) bond motifs is 3. The van der Waals surface area contributed by atoms with Crippen molar-refractivity contribution < 1.29 is 24.2 Å². The molecule has 4 saturated carbocycles. The second-order valence-corrected chi connectivity index (χ2v) is 16.9. The standard InChI is InChI=1S/C40H54N6O5/c1-26-19-30(20-27(2)34(26)50-6)40-15-12-39(13-16-40,14-17-40)25-45(36-41-18-11-33(43-36)29-21-42-46(22-29)38(3,4)5)35(48)28-7-9-32(10-8-28)51-37(49)44-23-31(47)24-44/h11,18-22,28,31-32,47H,7-10,12-17,23-25H2,1-6H3. The predicted molar refractivity (Wildman–Crippen MR) is 195 cm³/mol. The van der Waals surface area contributed by atoms with Crippen LogP contribution in [0.1, 0.15) is 102 Å². The van der Waals surface area contributed by atoms with Crippen LogP contribution in [0.3, 0.4) is 0 Å². The Bertz CT molecular complexity index is 1720. The molecule has 1 N–H and O–H groups in total. The number of nitrogens with zero attached hydrogens (tertiary/aromatic N) is 6. The molecule has 4 aliphatic carbocycles. The largest absolute Gasteiger partial charge is 0.496 e. The van der Waals surface area contributed by atoms with Gasteiger partial charge in [0.15, 0.2) is 0 Å². The summed E-state index contributed by atoms with van der Waals surface area (Å²) in [5.74, 6) is 1.28. The molecule has 0 unspecified atom stereocenters. The zero-order valence-corrected chi connectivity index (χ0v) is 31.2. The number of hydrogen-bond donors (Lipinski definition) is 1. The minimum atomic E-state index is -0.465. The number of methoxy groups -OCH3 is 1. The third-order valence-corrected chi connectivity index (χ3v) is 12.3. The third-order valence-electron chi connectivity index (χ3n) is 12.3. The molecule has 2 aromatic heterocycles. The summed E-state index contributed by atoms with van der Waals surface area (Å²) in [6.07, 6.45) is 13.5. The fourth-order valence-corrected chi connectivity index (χ4v) is 9.03. The molecular weight excluding hydrogens is 644 g/mol. The Labute approximate surface area is 301 Å². The lowest BCUT2D eigenvalue weighted by Gasteiger charge is -2.55. The third kappa shape index (κ3) is 6.98. The molecule has 2 amide bonds. The second-order valence-electron chi connectivity index (χ2n) is 16.9. The van der Waals surface area contributed by atoms with Crippen LogP contribution in [0.25, 0.3) is 11.3 Å². The molecule has 8 rings (SSSR count). The highest BCUT2D eigenvalue weighted by Crippen LogP contribution is 2.58. The predicted octanol–water partition coefficient (Wildman–Crippen LogP) is 6.72. The van der Waals surface area contributed by atoms with Gasteiger partial charge < -0.3 is 19.5 Å². The lowest BCUT2D eigenvalue weighted by molar-refractivity contribution is -0.125. The second kappa shape index (κ2) is 13.5. The maximum atomic E-state index is 14.6. The number of carbonyl (C=O) groups is 2. The number of aliphatic hydroxyl groups is 1. The van der Waals surface area contributed by atoms with Gasteiger partial charge in [-0.05, 0) is 132 Å². The molecule has 3 aromatic rings. The Morgan fingerprint density at radius 1 is 1.00 bits per heavy atom. The van der Waals surface area contributed by atoms with E-state index in [1.807, 2.05) is 28.0 Å². The number of ether oxygens (including phenoxy) is 2. The van der Waals surface area contributed by atoms with E-state index in [9.17, 15) is 14.7 Å². The number of rotatable bonds is 8. The molecule has 11 heteroatoms. The Morgan fingerprint density at radius 2 is 1.65 bits per heavy atom. The zero-order valence-electron chi connectivity index (χ0n) is 31.2. The van der Waals surface area contributed by atoms with Crippen LogP contribution in [0.4, 0.5) is 10.7 Å². The average molecular weight is 699 g/mol. The van der Waals surface area contributed by atoms with Gasteiger partial charge in [-0.15, -0.1) is 0 Å². The Balaban J connectivity index is 1.11. The van der Waals surface area contributed by atoms with Gasteiger partial charge in [-0.1, -0.05) is 12.1 Å². The number of aryl methyl sites for hydroxylation is 2. The monoisotopic (exact) mass is 698 g/mol. The van der Waals surface area contributed by atoms with Gasteiger partial charge in [0.1, 0.15) is 11.9 Å². The SMILES string of the molecule is COc1c(C)cc(C23CCC(CN(C(=O)C4CCC(OC(=O)N5CC(O)C5)CC4)c4nccc(-c5cnn(C(C)(C)C)c5)n4)(CC2)CC3)cc1C. The summed E-state index contributed by atoms with van der Waals surface area (Å²) in [7, 11) is 1.75. The van der Waals surface area contributed by atoms with E-state index in [-0.39, 0.29) is 40.4 Å². The van der Waals surface area contributed by atoms with Crippen molar-refractivity contribution in [3.63, 3.8) is 0 Å². The van der Waals surface area contributed by atoms with Crippen LogP contribution in [-0.2, 0) is 20.5 Å². The van der Waals surface area contributed by atoms with Gasteiger partial charge in [-0.2, -0.15) is 5.10 Å². The number of aliphatic hydroxyl groups excluding tert-OH is 1. The van der Waals surface area contributed by atoms with Crippen molar-refractivity contribution in [2.45, 2.75) is 122 Å². The molecule has 0 atom stereocenters. The summed E-state index contributed by atoms with van der Waals surface area (Å²) in [5.41, 5.74) is 5.43. The average Bonchev–Trinajstić information content (AvgIpc) is 3.62. The van der Waals surface area contributed by atoms with Crippen molar-refractivity contribution >= 4 is 17.9 Å². The van der Waals surface area contributed by atoms with Crippen LogP contribution >= 0.6 is 0 Å². The highest BCUT2D eigenvalue weighted by Gasteiger charge is 2.51. The molecule has 51 heavy (non-hydrogen) atoms. The van der Waals surface area contributed by atoms with Gasteiger partial charge in [-0.25, -0.2) is 14.8 Å². The molecule has 0 radical (unpaired) electrons. The lowest BCUT2D eigenvalue weighted by atomic mass is 9.51. The van der Waals surface area contributed by atoms with Crippen molar-refractivity contribution in [1.82, 2.24) is 24.6 Å². The molecular formula is C40H54N6O5. The first-order chi connectivity index (χ1) is 24.3. The summed E-state index contributed by atoms with van der Waals surface area (Å²) in [6.45, 7) is 11.9. The molecule has 5 aliphatic rings. The van der Waals surface area contributed by atoms with Crippen LogP contribution in [0.2, 0.25) is 0 Å². The van der Waals surface area contributed by atoms with E-state index in [1.165, 1.54) is 21.6 Å². The van der Waals surface area contributed by atoms with E-state index in [1.54, 1.807) is 13.3 Å². The van der Waals surface area contributed by atoms with Crippen LogP contribution in [0, 0.1) is 25.2 Å². The highest BCUT2D eigenvalue weighted by molar-refractivity contribution is 5.93. The number of hydrogen-bond acceptors (Lipinski definition) is 8. The minimum Gasteiger partial charge on any atom is -0.496 e. The van der Waals surface area contributed by atoms with E-state index >= 15 is 0 Å². The fourth-order valence-electron chi connectivity index (χ4n) is 9.03. The van der Waals surface area contributed by atoms with Gasteiger partial charge in [0.05, 0.1) is 43.7 Å². The summed E-state index contributed by atoms with van der Waals surface area (Å²) in [4.78, 5) is 40.3. The van der Waals surface area contributed by atoms with Crippen molar-refractivity contribution in [1.29, 1.82) is 0 Å². The van der Waals surface area contributed by atoms with E-state index in [4.69, 9.17) is 19.4 Å². The quantitative estimate of drug-likeness (QED) is 0.275. The van der Waals surface area contributed by atoms with Crippen LogP contribution in [0.5, 0.6) is 5.75 Å². The molecule has 1 saturated heterocycles. The first kappa shape index (κ1) is 35.4. The smallest absolute Gasteiger partial charge is 0.410 e. The number of likely N-dealkylation sites (tertiary alicyclic amines) is 1. The molecule has 11 nitrogen and oxygen atoms in total. The van der Waals surface area contributed by atoms with Gasteiger partial charge in [0.2, 0.25) is 11.9 Å². The van der Waals surface area contributed by atoms with Gasteiger partial charge in [0.25, 0.3) is 0 Å². The van der Waals surface area contributed by atoms with Crippen molar-refractivity contribution in [2.75, 3.05) is 31.6 Å². The minimum absolute atomic E-state index is 0.00102. The van der Waals surface area contributed by atoms with Crippen molar-refractivity contribution in [2.24, 2.45) is 11.3 Å². The first-order valence-corrected chi connectivity index (χ1v) is 18.8. The van der Waals surface area contributed by atoms with E-state index in [0.717, 1.165) is 55.5 Å². The molecule has 5 fully saturated rings. The summed E-state index contributed by atoms with van der Waals surface area (Å²) >= 11 is 0. The number of anilines is 1. The van der Waals surface area contributed by atoms with Crippen LogP contribution in [0.15, 0.2) is 36.8 Å². The number of carbonyl (C=O) groups excluding carboxylic acids is 2. The number of benzene rings is 1. The Hall–Kier alpha value is -3.99. The zero-order chi connectivity index (χ0) is 36.1. The molecule has 274 valence electrons. The molecule has 1 aromatic carbocycles. The summed E-state index contributed by atoms with van der Waals surface area (Å²) < 4.78 is 13.4. The van der Waals surface area contributed by atoms with E-state index in [0.29, 0.717) is 51.3 Å². The van der Waals surface area contributed by atoms with Gasteiger partial charge >= 0.3 is 6.09 Å². The van der Waals surface area contributed by atoms with E-state index < -0.39 is 6.10 Å². The van der Waals surface area contributed by atoms with Gasteiger partial charge in [-0.3, -0.25) is 14.4 Å². The number of β-amino-alcohol motifs (C(OH)–C–C–N with tert-alkyl or cyclic N) is 1. The summed E-state index contributed by atoms with van der Waals surface area (Å²) in [6, 6.07) is 6.56. The Kier molecular flexibility index (Phi) is 9.39. The molecule has 0 spiro atoms. The van der Waals surface area contributed by atoms with Crippen molar-refractivity contribution in [3.8, 4) is 17.0 Å². The molecule has 3 heterocycles. The normalized spacial score (nSPS) is 26.5. The van der Waals surface area contributed by atoms with Crippen molar-refractivity contribution in [3.05, 3.63) is 53.5 Å². The van der Waals surface area contributed by atoms with Crippen LogP contribution < -0.4 is 9.64 Å². The summed E-state index contributed by atoms with van der Waals surface area (Å²) in [5, 5.41) is 14.2. The number of amides is 2. The fraction of sp³-hybridized carbons (Fsp3) is 0.625. The Morgan fingerprint density at radius 3 is 2.22 bits per heavy atom. The van der Waals surface area contributed by atoms with Crippen LogP contribution in [-0.4, -0.2) is 80.7 Å². The lowest BCUT2D eigenvalue weighted by Crippen LogP contribution is -2.54. The molecule has 1 aliphatic heterocycles. The molecule has 2 bridgehead atoms. The number of aromatic nitrogens is 4. The van der Waals surface area contributed by atoms with Gasteiger partial charge in [0, 0.05) is 30.4 Å². The highest BCUT2D eigenvalue weighted by atomic mass is 16.6. The first-order valence-electron chi connectivity index (χ1n) is 18.8. The maximum absolute atomic E-state index is 14.6.